The van der Waals surface area contributed by atoms with E-state index in [1.807, 2.05) is 12.3 Å². The minimum atomic E-state index is -0.933. The van der Waals surface area contributed by atoms with Crippen LogP contribution >= 0.6 is 0 Å². The normalized spacial score (nSPS) is 15.7. The van der Waals surface area contributed by atoms with Crippen molar-refractivity contribution in [3.63, 3.8) is 0 Å². The van der Waals surface area contributed by atoms with Crippen LogP contribution in [0.15, 0.2) is 18.5 Å². The molecule has 2 heterocycles. The molecule has 1 unspecified atom stereocenters. The molecule has 1 aromatic heterocycles. The average Bonchev–Trinajstić information content (AvgIpc) is 2.36. The lowest BCUT2D eigenvalue weighted by atomic mass is 10.0. The lowest BCUT2D eigenvalue weighted by Crippen LogP contribution is -2.43. The summed E-state index contributed by atoms with van der Waals surface area (Å²) in [7, 11) is 0. The number of fused-ring (bicyclic) bond motifs is 1. The number of carbonyl (C=O) groups is 2. The molecule has 96 valence electrons. The van der Waals surface area contributed by atoms with Crippen molar-refractivity contribution in [2.24, 2.45) is 5.73 Å². The predicted molar refractivity (Wildman–Crippen MR) is 63.5 cm³/mol. The van der Waals surface area contributed by atoms with Gasteiger partial charge in [0.2, 0.25) is 0 Å². The molecule has 0 saturated carbocycles. The third-order valence-corrected chi connectivity index (χ3v) is 2.97. The van der Waals surface area contributed by atoms with E-state index in [0.717, 1.165) is 17.5 Å². The molecule has 0 radical (unpaired) electrons. The lowest BCUT2D eigenvalue weighted by Gasteiger charge is -2.30. The first-order valence-electron chi connectivity index (χ1n) is 5.74. The van der Waals surface area contributed by atoms with E-state index >= 15 is 0 Å². The number of nitrogens with zero attached hydrogens (tertiary/aromatic N) is 2. The highest BCUT2D eigenvalue weighted by Gasteiger charge is 2.26. The molecule has 2 N–H and O–H groups in total. The first kappa shape index (κ1) is 12.3. The molecular formula is C12H15N3O3. The number of carbonyl (C=O) groups excluding carboxylic acids is 2. The molecule has 1 atom stereocenters. The third kappa shape index (κ3) is 2.58. The predicted octanol–water partition coefficient (Wildman–Crippen LogP) is 0.450. The Morgan fingerprint density at radius 1 is 1.50 bits per heavy atom. The van der Waals surface area contributed by atoms with Crippen molar-refractivity contribution in [3.8, 4) is 0 Å². The van der Waals surface area contributed by atoms with Gasteiger partial charge in [-0.3, -0.25) is 9.78 Å². The van der Waals surface area contributed by atoms with Crippen LogP contribution in [0.25, 0.3) is 0 Å². The van der Waals surface area contributed by atoms with Crippen molar-refractivity contribution < 1.29 is 14.3 Å². The van der Waals surface area contributed by atoms with Gasteiger partial charge in [0.05, 0.1) is 0 Å². The highest BCUT2D eigenvalue weighted by Crippen LogP contribution is 2.18. The van der Waals surface area contributed by atoms with Gasteiger partial charge >= 0.3 is 6.09 Å². The summed E-state index contributed by atoms with van der Waals surface area (Å²) in [6.07, 6.45) is 2.51. The largest absolute Gasteiger partial charge is 0.437 e. The Bertz CT molecular complexity index is 475. The first-order valence-corrected chi connectivity index (χ1v) is 5.74. The Balaban J connectivity index is 2.04. The van der Waals surface area contributed by atoms with Crippen LogP contribution in [-0.4, -0.2) is 34.5 Å². The molecule has 0 aromatic carbocycles. The van der Waals surface area contributed by atoms with Crippen LogP contribution in [0, 0.1) is 0 Å². The van der Waals surface area contributed by atoms with Gasteiger partial charge in [-0.05, 0) is 30.5 Å². The third-order valence-electron chi connectivity index (χ3n) is 2.97. The number of ether oxygens (including phenoxy) is 1. The maximum Gasteiger partial charge on any atom is 0.405 e. The van der Waals surface area contributed by atoms with Crippen LogP contribution in [0.4, 0.5) is 4.79 Å². The van der Waals surface area contributed by atoms with Gasteiger partial charge < -0.3 is 15.4 Å². The molecule has 18 heavy (non-hydrogen) atoms. The van der Waals surface area contributed by atoms with Crippen molar-refractivity contribution in [3.05, 3.63) is 29.6 Å². The fourth-order valence-corrected chi connectivity index (χ4v) is 2.05. The second-order valence-corrected chi connectivity index (χ2v) is 4.23. The second-order valence-electron chi connectivity index (χ2n) is 4.23. The molecule has 0 spiro atoms. The van der Waals surface area contributed by atoms with Crippen molar-refractivity contribution in [1.82, 2.24) is 9.88 Å². The summed E-state index contributed by atoms with van der Waals surface area (Å²) < 4.78 is 4.69. The molecule has 0 bridgehead atoms. The summed E-state index contributed by atoms with van der Waals surface area (Å²) >= 11 is 0. The Morgan fingerprint density at radius 2 is 2.28 bits per heavy atom. The fourth-order valence-electron chi connectivity index (χ4n) is 2.05. The zero-order valence-electron chi connectivity index (χ0n) is 10.1. The minimum Gasteiger partial charge on any atom is -0.437 e. The minimum absolute atomic E-state index is 0.226. The topological polar surface area (TPSA) is 85.5 Å². The van der Waals surface area contributed by atoms with Gasteiger partial charge in [0.1, 0.15) is 0 Å². The van der Waals surface area contributed by atoms with Crippen LogP contribution in [-0.2, 0) is 22.5 Å². The van der Waals surface area contributed by atoms with Crippen molar-refractivity contribution in [2.75, 3.05) is 6.54 Å². The molecule has 6 heteroatoms. The number of amides is 2. The average molecular weight is 249 g/mol. The van der Waals surface area contributed by atoms with E-state index in [1.165, 1.54) is 6.92 Å². The molecule has 0 fully saturated rings. The number of primary amides is 1. The van der Waals surface area contributed by atoms with Gasteiger partial charge in [0.15, 0.2) is 6.10 Å². The van der Waals surface area contributed by atoms with Gasteiger partial charge in [-0.25, -0.2) is 4.79 Å². The Labute approximate surface area is 105 Å². The highest BCUT2D eigenvalue weighted by molar-refractivity contribution is 5.83. The van der Waals surface area contributed by atoms with Crippen LogP contribution in [0.3, 0.4) is 0 Å². The monoisotopic (exact) mass is 249 g/mol. The zero-order valence-corrected chi connectivity index (χ0v) is 10.1. The van der Waals surface area contributed by atoms with E-state index in [-0.39, 0.29) is 5.91 Å². The molecule has 0 aliphatic carbocycles. The Hall–Kier alpha value is -2.11. The van der Waals surface area contributed by atoms with Crippen molar-refractivity contribution in [2.45, 2.75) is 26.0 Å². The van der Waals surface area contributed by atoms with E-state index in [2.05, 4.69) is 9.72 Å². The van der Waals surface area contributed by atoms with Crippen LogP contribution in [0.2, 0.25) is 0 Å². The Kier molecular flexibility index (Phi) is 3.45. The second kappa shape index (κ2) is 5.03. The van der Waals surface area contributed by atoms with Crippen LogP contribution in [0.5, 0.6) is 0 Å². The van der Waals surface area contributed by atoms with Crippen molar-refractivity contribution in [1.29, 1.82) is 0 Å². The number of aromatic nitrogens is 1. The smallest absolute Gasteiger partial charge is 0.405 e. The molecule has 2 rings (SSSR count). The quantitative estimate of drug-likeness (QED) is 0.824. The summed E-state index contributed by atoms with van der Waals surface area (Å²) in [4.78, 5) is 28.4. The number of nitrogens with two attached hydrogens (primary N) is 1. The van der Waals surface area contributed by atoms with E-state index in [4.69, 9.17) is 5.73 Å². The molecule has 1 aromatic rings. The van der Waals surface area contributed by atoms with Crippen LogP contribution in [0.1, 0.15) is 18.1 Å². The SMILES string of the molecule is CC(OC(N)=O)C(=O)N1CCc2cnccc2C1. The summed E-state index contributed by atoms with van der Waals surface area (Å²) in [5.74, 6) is -0.226. The summed E-state index contributed by atoms with van der Waals surface area (Å²) in [5, 5.41) is 0. The number of hydrogen-bond acceptors (Lipinski definition) is 4. The summed E-state index contributed by atoms with van der Waals surface area (Å²) in [5.41, 5.74) is 7.13. The standard InChI is InChI=1S/C12H15N3O3/c1-8(18-12(13)17)11(16)15-5-3-9-6-14-4-2-10(9)7-15/h2,4,6,8H,3,5,7H2,1H3,(H2,13,17). The Morgan fingerprint density at radius 3 is 3.00 bits per heavy atom. The summed E-state index contributed by atoms with van der Waals surface area (Å²) in [6.45, 7) is 2.64. The van der Waals surface area contributed by atoms with E-state index in [1.54, 1.807) is 11.1 Å². The van der Waals surface area contributed by atoms with Gasteiger partial charge in [0.25, 0.3) is 5.91 Å². The molecule has 1 aliphatic heterocycles. The van der Waals surface area contributed by atoms with E-state index in [9.17, 15) is 9.59 Å². The van der Waals surface area contributed by atoms with E-state index < -0.39 is 12.2 Å². The number of hydrogen-bond donors (Lipinski definition) is 1. The molecule has 0 saturated heterocycles. The van der Waals surface area contributed by atoms with Gasteiger partial charge in [-0.2, -0.15) is 0 Å². The molecule has 6 nitrogen and oxygen atoms in total. The highest BCUT2D eigenvalue weighted by atomic mass is 16.6. The summed E-state index contributed by atoms with van der Waals surface area (Å²) in [6, 6.07) is 1.90. The van der Waals surface area contributed by atoms with Gasteiger partial charge in [-0.1, -0.05) is 0 Å². The molecule has 2 amide bonds. The maximum absolute atomic E-state index is 12.0. The molecule has 1 aliphatic rings. The van der Waals surface area contributed by atoms with E-state index in [0.29, 0.717) is 13.1 Å². The van der Waals surface area contributed by atoms with Crippen molar-refractivity contribution >= 4 is 12.0 Å². The number of pyridine rings is 1. The fraction of sp³-hybridized carbons (Fsp3) is 0.417. The number of rotatable bonds is 2. The zero-order chi connectivity index (χ0) is 13.1. The first-order chi connectivity index (χ1) is 8.58. The van der Waals surface area contributed by atoms with Crippen LogP contribution < -0.4 is 5.73 Å². The lowest BCUT2D eigenvalue weighted by molar-refractivity contribution is -0.140. The maximum atomic E-state index is 12.0. The van der Waals surface area contributed by atoms with Gasteiger partial charge in [-0.15, -0.1) is 0 Å². The van der Waals surface area contributed by atoms with Gasteiger partial charge in [0, 0.05) is 25.5 Å². The molecular weight excluding hydrogens is 234 g/mol.